The van der Waals surface area contributed by atoms with E-state index in [1.165, 1.54) is 12.8 Å². The second-order valence-electron chi connectivity index (χ2n) is 19.9. The lowest BCUT2D eigenvalue weighted by atomic mass is 10.1. The van der Waals surface area contributed by atoms with Gasteiger partial charge in [-0.05, 0) is 122 Å². The number of hydrogen-bond acceptors (Lipinski definition) is 7. The number of likely N-dealkylation sites (N-methyl/N-ethyl adjacent to an activating group) is 1. The van der Waals surface area contributed by atoms with E-state index in [9.17, 15) is 19.0 Å². The molecule has 0 radical (unpaired) electrons. The van der Waals surface area contributed by atoms with Gasteiger partial charge in [0.15, 0.2) is 6.10 Å². The third-order valence-corrected chi connectivity index (χ3v) is 12.4. The fourth-order valence-electron chi connectivity index (χ4n) is 6.97. The van der Waals surface area contributed by atoms with Crippen LogP contribution in [0, 0.1) is 0 Å². The second kappa shape index (κ2) is 56.8. The number of phosphoric acid groups is 1. The number of quaternary nitrogens is 1. The molecule has 0 bridgehead atoms. The standard InChI is InChI=1S/C68H106NO8P/c1-6-8-10-12-14-16-18-20-22-24-26-27-28-29-30-31-32-33-34-35-36-37-38-39-40-41-43-45-47-49-51-53-55-57-59-61-68(71)77-66(65-76-78(72,73)75-63-62-69(3,4)5)64-74-67(70)60-58-56-54-52-50-48-46-44-42-25-23-21-19-17-15-13-11-9-7-2/h8-11,14-17,20-23,26-27,29-30,32-33,35-36,38-39,41-44,48,50,54,56,66H,6-7,12-13,18-19,24-25,28,31,34,37,40,45-47,49,51-53,55,57-65H2,1-5H3/p+1/b10-8-,11-9-,16-14-,17-15-,22-20-,23-21-,27-26-,30-29-,33-32-,36-35-,39-38-,43-41-,44-42-,50-48-,56-54-. The van der Waals surface area contributed by atoms with Gasteiger partial charge in [0.25, 0.3) is 0 Å². The molecule has 2 atom stereocenters. The van der Waals surface area contributed by atoms with Crippen molar-refractivity contribution in [2.24, 2.45) is 0 Å². The lowest BCUT2D eigenvalue weighted by Gasteiger charge is -2.24. The van der Waals surface area contributed by atoms with Gasteiger partial charge in [-0.3, -0.25) is 18.6 Å². The summed E-state index contributed by atoms with van der Waals surface area (Å²) in [6.07, 6.45) is 88.4. The smallest absolute Gasteiger partial charge is 0.462 e. The van der Waals surface area contributed by atoms with E-state index < -0.39 is 32.5 Å². The largest absolute Gasteiger partial charge is 0.472 e. The Morgan fingerprint density at radius 1 is 0.397 bits per heavy atom. The average molecular weight is 1100 g/mol. The fourth-order valence-corrected chi connectivity index (χ4v) is 7.71. The predicted octanol–water partition coefficient (Wildman–Crippen LogP) is 18.8. The highest BCUT2D eigenvalue weighted by atomic mass is 31.2. The van der Waals surface area contributed by atoms with Crippen molar-refractivity contribution >= 4 is 19.8 Å². The molecule has 0 rings (SSSR count). The number of nitrogens with zero attached hydrogens (tertiary/aromatic N) is 1. The molecule has 0 fully saturated rings. The molecule has 78 heavy (non-hydrogen) atoms. The first kappa shape index (κ1) is 73.1. The molecule has 2 unspecified atom stereocenters. The first-order chi connectivity index (χ1) is 38.0. The van der Waals surface area contributed by atoms with Gasteiger partial charge in [-0.1, -0.05) is 228 Å². The molecule has 0 saturated heterocycles. The van der Waals surface area contributed by atoms with Crippen LogP contribution in [0.1, 0.15) is 181 Å². The van der Waals surface area contributed by atoms with Crippen LogP contribution in [0.15, 0.2) is 182 Å². The van der Waals surface area contributed by atoms with E-state index >= 15 is 0 Å². The molecule has 436 valence electrons. The molecule has 0 saturated carbocycles. The molecule has 1 N–H and O–H groups in total. The minimum absolute atomic E-state index is 0.00691. The molecule has 0 spiro atoms. The highest BCUT2D eigenvalue weighted by Crippen LogP contribution is 2.43. The second-order valence-corrected chi connectivity index (χ2v) is 21.4. The molecule has 0 aromatic heterocycles. The number of unbranched alkanes of at least 4 members (excludes halogenated alkanes) is 7. The molecular formula is C68H107NO8P+. The van der Waals surface area contributed by atoms with E-state index in [4.69, 9.17) is 18.5 Å². The Morgan fingerprint density at radius 2 is 0.718 bits per heavy atom. The summed E-state index contributed by atoms with van der Waals surface area (Å²) in [5.74, 6) is -0.926. The molecule has 10 heteroatoms. The summed E-state index contributed by atoms with van der Waals surface area (Å²) in [4.78, 5) is 35.6. The van der Waals surface area contributed by atoms with E-state index in [0.29, 0.717) is 23.9 Å². The summed E-state index contributed by atoms with van der Waals surface area (Å²) in [7, 11) is 1.40. The topological polar surface area (TPSA) is 108 Å². The van der Waals surface area contributed by atoms with Crippen LogP contribution < -0.4 is 0 Å². The number of hydrogen-bond donors (Lipinski definition) is 1. The zero-order valence-corrected chi connectivity index (χ0v) is 50.2. The Labute approximate surface area is 476 Å². The van der Waals surface area contributed by atoms with Crippen LogP contribution in [0.4, 0.5) is 0 Å². The minimum atomic E-state index is -4.42. The summed E-state index contributed by atoms with van der Waals surface area (Å²) in [5, 5.41) is 0. The lowest BCUT2D eigenvalue weighted by Crippen LogP contribution is -2.37. The first-order valence-corrected chi connectivity index (χ1v) is 31.0. The Balaban J connectivity index is 4.30. The molecule has 0 aliphatic heterocycles. The van der Waals surface area contributed by atoms with Crippen molar-refractivity contribution in [2.75, 3.05) is 47.5 Å². The average Bonchev–Trinajstić information content (AvgIpc) is 3.41. The van der Waals surface area contributed by atoms with Crippen LogP contribution in [-0.4, -0.2) is 74.9 Å². The SMILES string of the molecule is CC/C=C\C/C=C\C/C=C\C/C=C\C/C=C\C/C=C\C/C=C\C/C=C\C/C=C\CCCCCCCCCC(=O)OC(COC(=O)CC/C=C\C/C=C\C/C=C\C/C=C\C/C=C\C/C=C\CC)COP(=O)(O)OCC[N+](C)(C)C. The third kappa shape index (κ3) is 60.3. The number of carbonyl (C=O) groups is 2. The first-order valence-electron chi connectivity index (χ1n) is 29.5. The lowest BCUT2D eigenvalue weighted by molar-refractivity contribution is -0.870. The van der Waals surface area contributed by atoms with Crippen molar-refractivity contribution in [1.82, 2.24) is 0 Å². The normalized spacial score (nSPS) is 14.6. The van der Waals surface area contributed by atoms with Gasteiger partial charge in [-0.2, -0.15) is 0 Å². The number of esters is 2. The van der Waals surface area contributed by atoms with Gasteiger partial charge < -0.3 is 18.9 Å². The molecule has 0 heterocycles. The maximum absolute atomic E-state index is 12.8. The van der Waals surface area contributed by atoms with Crippen molar-refractivity contribution in [2.45, 2.75) is 187 Å². The van der Waals surface area contributed by atoms with Crippen LogP contribution in [0.3, 0.4) is 0 Å². The zero-order chi connectivity index (χ0) is 57.0. The van der Waals surface area contributed by atoms with Crippen LogP contribution in [0.25, 0.3) is 0 Å². The van der Waals surface area contributed by atoms with Crippen molar-refractivity contribution in [1.29, 1.82) is 0 Å². The minimum Gasteiger partial charge on any atom is -0.462 e. The maximum Gasteiger partial charge on any atom is 0.472 e. The highest BCUT2D eigenvalue weighted by molar-refractivity contribution is 7.47. The van der Waals surface area contributed by atoms with Gasteiger partial charge in [0.2, 0.25) is 0 Å². The van der Waals surface area contributed by atoms with Crippen molar-refractivity contribution in [3.63, 3.8) is 0 Å². The molecule has 0 amide bonds. The molecule has 0 aliphatic rings. The number of phosphoric ester groups is 1. The van der Waals surface area contributed by atoms with Crippen molar-refractivity contribution < 1.29 is 42.1 Å². The molecular weight excluding hydrogens is 990 g/mol. The maximum atomic E-state index is 12.8. The van der Waals surface area contributed by atoms with Crippen LogP contribution in [-0.2, 0) is 32.7 Å². The van der Waals surface area contributed by atoms with E-state index in [-0.39, 0.29) is 26.1 Å². The van der Waals surface area contributed by atoms with Crippen LogP contribution in [0.5, 0.6) is 0 Å². The summed E-state index contributed by atoms with van der Waals surface area (Å²) in [5.41, 5.74) is 0. The van der Waals surface area contributed by atoms with E-state index in [2.05, 4.69) is 184 Å². The molecule has 0 aromatic rings. The summed E-state index contributed by atoms with van der Waals surface area (Å²) < 4.78 is 34.4. The fraction of sp³-hybridized carbons (Fsp3) is 0.529. The number of rotatable bonds is 51. The van der Waals surface area contributed by atoms with Crippen molar-refractivity contribution in [3.05, 3.63) is 182 Å². The van der Waals surface area contributed by atoms with Gasteiger partial charge in [-0.25, -0.2) is 4.57 Å². The third-order valence-electron chi connectivity index (χ3n) is 11.4. The van der Waals surface area contributed by atoms with Gasteiger partial charge in [0, 0.05) is 12.8 Å². The summed E-state index contributed by atoms with van der Waals surface area (Å²) >= 11 is 0. The Hall–Kier alpha value is -4.89. The molecule has 9 nitrogen and oxygen atoms in total. The summed E-state index contributed by atoms with van der Waals surface area (Å²) in [6, 6.07) is 0. The van der Waals surface area contributed by atoms with Crippen LogP contribution in [0.2, 0.25) is 0 Å². The number of allylic oxidation sites excluding steroid dienone is 30. The van der Waals surface area contributed by atoms with Gasteiger partial charge >= 0.3 is 19.8 Å². The van der Waals surface area contributed by atoms with E-state index in [1.807, 2.05) is 33.3 Å². The molecule has 0 aromatic carbocycles. The summed E-state index contributed by atoms with van der Waals surface area (Å²) in [6.45, 7) is 4.06. The monoisotopic (exact) mass is 1100 g/mol. The number of carbonyl (C=O) groups excluding carboxylic acids is 2. The van der Waals surface area contributed by atoms with Gasteiger partial charge in [-0.15, -0.1) is 0 Å². The van der Waals surface area contributed by atoms with Gasteiger partial charge in [0.05, 0.1) is 27.7 Å². The Kier molecular flexibility index (Phi) is 53.3. The van der Waals surface area contributed by atoms with Crippen LogP contribution >= 0.6 is 7.82 Å². The zero-order valence-electron chi connectivity index (χ0n) is 49.3. The molecule has 0 aliphatic carbocycles. The highest BCUT2D eigenvalue weighted by Gasteiger charge is 2.27. The predicted molar refractivity (Wildman–Crippen MR) is 334 cm³/mol. The van der Waals surface area contributed by atoms with Crippen molar-refractivity contribution in [3.8, 4) is 0 Å². The Bertz CT molecular complexity index is 1970. The quantitative estimate of drug-likeness (QED) is 0.0211. The van der Waals surface area contributed by atoms with E-state index in [1.54, 1.807) is 0 Å². The Morgan fingerprint density at radius 3 is 1.08 bits per heavy atom. The van der Waals surface area contributed by atoms with Gasteiger partial charge in [0.1, 0.15) is 19.8 Å². The van der Waals surface area contributed by atoms with E-state index in [0.717, 1.165) is 128 Å². The number of ether oxygens (including phenoxy) is 2.